The topological polar surface area (TPSA) is 83.8 Å². The molecule has 1 aromatic heterocycles. The number of halogens is 5. The van der Waals surface area contributed by atoms with E-state index >= 15 is 0 Å². The van der Waals surface area contributed by atoms with E-state index in [0.717, 1.165) is 29.4 Å². The van der Waals surface area contributed by atoms with Crippen LogP contribution in [0.15, 0.2) is 18.2 Å². The molecule has 6 rings (SSSR count). The minimum atomic E-state index is -2.62. The fourth-order valence-corrected chi connectivity index (χ4v) is 6.26. The quantitative estimate of drug-likeness (QED) is 0.452. The van der Waals surface area contributed by atoms with Crippen LogP contribution < -0.4 is 11.1 Å². The van der Waals surface area contributed by atoms with Gasteiger partial charge in [0.2, 0.25) is 17.8 Å². The number of nitrogens with zero attached hydrogens (tertiary/aromatic N) is 1. The number of benzene rings is 1. The van der Waals surface area contributed by atoms with Crippen LogP contribution in [0.1, 0.15) is 68.4 Å². The molecule has 5 atom stereocenters. The molecular formula is C24H29ClF4N4O. The van der Waals surface area contributed by atoms with E-state index in [1.54, 1.807) is 0 Å². The number of imidazole rings is 1. The molecule has 0 saturated heterocycles. The molecule has 1 unspecified atom stereocenters. The van der Waals surface area contributed by atoms with Crippen LogP contribution in [0.5, 0.6) is 0 Å². The normalized spacial score (nSPS) is 30.7. The van der Waals surface area contributed by atoms with Crippen molar-refractivity contribution in [2.75, 3.05) is 0 Å². The molecule has 186 valence electrons. The molecule has 0 radical (unpaired) electrons. The summed E-state index contributed by atoms with van der Waals surface area (Å²) in [6.07, 6.45) is 1.56. The van der Waals surface area contributed by atoms with E-state index in [1.165, 1.54) is 0 Å². The van der Waals surface area contributed by atoms with Crippen molar-refractivity contribution in [1.82, 2.24) is 15.3 Å². The summed E-state index contributed by atoms with van der Waals surface area (Å²) in [6.45, 7) is 0. The van der Waals surface area contributed by atoms with Gasteiger partial charge in [-0.05, 0) is 60.1 Å². The number of hydrogen-bond donors (Lipinski definition) is 3. The van der Waals surface area contributed by atoms with Crippen molar-refractivity contribution in [2.24, 2.45) is 35.3 Å². The molecule has 2 aromatic rings. The summed E-state index contributed by atoms with van der Waals surface area (Å²) in [6, 6.07) is 5.23. The van der Waals surface area contributed by atoms with E-state index in [-0.39, 0.29) is 80.1 Å². The van der Waals surface area contributed by atoms with E-state index < -0.39 is 17.9 Å². The molecule has 1 amide bonds. The first-order valence-corrected chi connectivity index (χ1v) is 11.9. The Balaban J connectivity index is 0.00000241. The summed E-state index contributed by atoms with van der Waals surface area (Å²) >= 11 is 0. The second kappa shape index (κ2) is 8.08. The van der Waals surface area contributed by atoms with Crippen LogP contribution >= 0.6 is 12.4 Å². The Labute approximate surface area is 201 Å². The Morgan fingerprint density at radius 2 is 1.76 bits per heavy atom. The van der Waals surface area contributed by atoms with Gasteiger partial charge in [-0.1, -0.05) is 6.07 Å². The van der Waals surface area contributed by atoms with Gasteiger partial charge in [0.1, 0.15) is 5.82 Å². The first kappa shape index (κ1) is 23.9. The lowest BCUT2D eigenvalue weighted by molar-refractivity contribution is -0.134. The fraction of sp³-hybridized carbons (Fsp3) is 0.667. The molecule has 4 N–H and O–H groups in total. The standard InChI is InChI=1S/C24H28F4N4O.ClH/c25-23(26)7-11(8-23)5-18(33)32-21(12-1-2-12)13-3-4-16-17(6-13)31-22(30-16)20(29)19-14-9-24(27,28)10-15(14)19;/h3-4,6,11-12,14-15,19-21H,1-2,5,7-10,29H2,(H,30,31)(H,32,33);1H/t14-,15+,19?,20-,21+;/m0./s1. The van der Waals surface area contributed by atoms with E-state index in [4.69, 9.17) is 5.73 Å². The maximum Gasteiger partial charge on any atom is 0.248 e. The highest BCUT2D eigenvalue weighted by Gasteiger charge is 2.64. The summed E-state index contributed by atoms with van der Waals surface area (Å²) in [7, 11) is 0. The largest absolute Gasteiger partial charge is 0.349 e. The van der Waals surface area contributed by atoms with Crippen LogP contribution in [0, 0.1) is 29.6 Å². The molecule has 10 heteroatoms. The Morgan fingerprint density at radius 1 is 1.12 bits per heavy atom. The van der Waals surface area contributed by atoms with Crippen LogP contribution in [0.3, 0.4) is 0 Å². The van der Waals surface area contributed by atoms with Crippen molar-refractivity contribution in [3.05, 3.63) is 29.6 Å². The third-order valence-electron chi connectivity index (χ3n) is 8.14. The zero-order chi connectivity index (χ0) is 23.1. The van der Waals surface area contributed by atoms with Gasteiger partial charge in [0.05, 0.1) is 23.1 Å². The molecule has 4 saturated carbocycles. The van der Waals surface area contributed by atoms with Crippen molar-refractivity contribution in [3.63, 3.8) is 0 Å². The average Bonchev–Trinajstić information content (AvgIpc) is 3.58. The van der Waals surface area contributed by atoms with Gasteiger partial charge in [-0.3, -0.25) is 4.79 Å². The molecule has 0 spiro atoms. The molecule has 34 heavy (non-hydrogen) atoms. The Bertz CT molecular complexity index is 1080. The lowest BCUT2D eigenvalue weighted by Gasteiger charge is -2.34. The number of rotatable bonds is 7. The predicted octanol–water partition coefficient (Wildman–Crippen LogP) is 5.28. The number of aromatic nitrogens is 2. The molecule has 1 aromatic carbocycles. The maximum absolute atomic E-state index is 13.5. The van der Waals surface area contributed by atoms with Gasteiger partial charge < -0.3 is 16.0 Å². The number of carbonyl (C=O) groups is 1. The van der Waals surface area contributed by atoms with Gasteiger partial charge in [0, 0.05) is 32.1 Å². The smallest absolute Gasteiger partial charge is 0.248 e. The molecule has 4 fully saturated rings. The molecular weight excluding hydrogens is 472 g/mol. The minimum absolute atomic E-state index is 0. The lowest BCUT2D eigenvalue weighted by Crippen LogP contribution is -2.39. The average molecular weight is 501 g/mol. The van der Waals surface area contributed by atoms with Gasteiger partial charge in [-0.2, -0.15) is 0 Å². The second-order valence-electron chi connectivity index (χ2n) is 10.8. The summed E-state index contributed by atoms with van der Waals surface area (Å²) in [4.78, 5) is 20.4. The Hall–Kier alpha value is -1.87. The van der Waals surface area contributed by atoms with Crippen molar-refractivity contribution in [2.45, 2.75) is 68.9 Å². The second-order valence-corrected chi connectivity index (χ2v) is 10.8. The molecule has 4 aliphatic rings. The highest BCUT2D eigenvalue weighted by Crippen LogP contribution is 2.65. The predicted molar refractivity (Wildman–Crippen MR) is 121 cm³/mol. The minimum Gasteiger partial charge on any atom is -0.349 e. The van der Waals surface area contributed by atoms with Crippen molar-refractivity contribution < 1.29 is 22.4 Å². The van der Waals surface area contributed by atoms with E-state index in [0.29, 0.717) is 11.7 Å². The van der Waals surface area contributed by atoms with E-state index in [1.807, 2.05) is 18.2 Å². The van der Waals surface area contributed by atoms with Crippen molar-refractivity contribution >= 4 is 29.3 Å². The summed E-state index contributed by atoms with van der Waals surface area (Å²) < 4.78 is 53.2. The Morgan fingerprint density at radius 3 is 2.38 bits per heavy atom. The number of alkyl halides is 4. The molecule has 5 nitrogen and oxygen atoms in total. The Kier molecular flexibility index (Phi) is 5.67. The first-order chi connectivity index (χ1) is 15.6. The molecule has 1 heterocycles. The third-order valence-corrected chi connectivity index (χ3v) is 8.14. The number of fused-ring (bicyclic) bond motifs is 2. The summed E-state index contributed by atoms with van der Waals surface area (Å²) in [5, 5.41) is 3.06. The fourth-order valence-electron chi connectivity index (χ4n) is 6.26. The van der Waals surface area contributed by atoms with Gasteiger partial charge in [0.15, 0.2) is 0 Å². The number of nitrogens with one attached hydrogen (secondary N) is 2. The van der Waals surface area contributed by atoms with E-state index in [9.17, 15) is 22.4 Å². The number of H-pyrrole nitrogens is 1. The number of nitrogens with two attached hydrogens (primary N) is 1. The van der Waals surface area contributed by atoms with Crippen molar-refractivity contribution in [3.8, 4) is 0 Å². The zero-order valence-electron chi connectivity index (χ0n) is 18.6. The number of hydrogen-bond acceptors (Lipinski definition) is 3. The highest BCUT2D eigenvalue weighted by molar-refractivity contribution is 5.85. The maximum atomic E-state index is 13.5. The van der Waals surface area contributed by atoms with Gasteiger partial charge >= 0.3 is 0 Å². The van der Waals surface area contributed by atoms with Crippen LogP contribution in [0.25, 0.3) is 11.0 Å². The SMILES string of the molecule is Cl.N[C@H](c1nc2cc([C@H](NC(=O)CC3CC(F)(F)C3)C3CC3)ccc2[nH]1)C1[C@H]2CC(F)(F)C[C@@H]12. The highest BCUT2D eigenvalue weighted by atomic mass is 35.5. The van der Waals surface area contributed by atoms with Crippen LogP contribution in [0.4, 0.5) is 17.6 Å². The first-order valence-electron chi connectivity index (χ1n) is 11.9. The number of amides is 1. The number of aromatic amines is 1. The van der Waals surface area contributed by atoms with Crippen LogP contribution in [0.2, 0.25) is 0 Å². The van der Waals surface area contributed by atoms with Crippen molar-refractivity contribution in [1.29, 1.82) is 0 Å². The zero-order valence-corrected chi connectivity index (χ0v) is 19.4. The van der Waals surface area contributed by atoms with Crippen LogP contribution in [-0.2, 0) is 4.79 Å². The molecule has 0 bridgehead atoms. The molecule has 4 aliphatic carbocycles. The van der Waals surface area contributed by atoms with Gasteiger partial charge in [-0.25, -0.2) is 22.5 Å². The number of carbonyl (C=O) groups excluding carboxylic acids is 1. The van der Waals surface area contributed by atoms with Gasteiger partial charge in [-0.15, -0.1) is 12.4 Å². The third kappa shape index (κ3) is 4.41. The van der Waals surface area contributed by atoms with E-state index in [2.05, 4.69) is 15.3 Å². The monoisotopic (exact) mass is 500 g/mol. The van der Waals surface area contributed by atoms with Gasteiger partial charge in [0.25, 0.3) is 0 Å². The molecule has 0 aliphatic heterocycles. The summed E-state index contributed by atoms with van der Waals surface area (Å²) in [5.41, 5.74) is 8.88. The van der Waals surface area contributed by atoms with Crippen LogP contribution in [-0.4, -0.2) is 27.7 Å². The lowest BCUT2D eigenvalue weighted by atomic mass is 9.79. The summed E-state index contributed by atoms with van der Waals surface area (Å²) in [5.74, 6) is -4.67.